The number of ether oxygens (including phenoxy) is 1. The quantitative estimate of drug-likeness (QED) is 0.634. The van der Waals surface area contributed by atoms with Crippen molar-refractivity contribution in [3.05, 3.63) is 29.8 Å². The summed E-state index contributed by atoms with van der Waals surface area (Å²) in [6.45, 7) is 11.8. The van der Waals surface area contributed by atoms with Gasteiger partial charge in [-0.25, -0.2) is 13.2 Å². The second kappa shape index (κ2) is 11.7. The van der Waals surface area contributed by atoms with E-state index in [0.717, 1.165) is 5.56 Å². The average molecular weight is 468 g/mol. The lowest BCUT2D eigenvalue weighted by Crippen LogP contribution is -2.50. The molecule has 0 aromatic heterocycles. The molecule has 1 N–H and O–H groups in total. The first-order chi connectivity index (χ1) is 15.0. The van der Waals surface area contributed by atoms with Gasteiger partial charge in [0.2, 0.25) is 15.9 Å². The molecule has 1 aliphatic rings. The van der Waals surface area contributed by atoms with Crippen molar-refractivity contribution in [1.29, 1.82) is 0 Å². The van der Waals surface area contributed by atoms with E-state index in [1.165, 1.54) is 0 Å². The zero-order valence-electron chi connectivity index (χ0n) is 19.8. The first-order valence-corrected chi connectivity index (χ1v) is 12.8. The Balaban J connectivity index is 2.08. The molecule has 1 aliphatic heterocycles. The Bertz CT molecular complexity index is 868. The predicted molar refractivity (Wildman–Crippen MR) is 124 cm³/mol. The molecule has 9 heteroatoms. The molecule has 1 saturated heterocycles. The van der Waals surface area contributed by atoms with E-state index in [2.05, 4.69) is 4.72 Å². The van der Waals surface area contributed by atoms with Crippen LogP contribution in [0.3, 0.4) is 0 Å². The number of nitrogens with one attached hydrogen (secondary N) is 1. The fourth-order valence-electron chi connectivity index (χ4n) is 3.51. The number of aryl methyl sites for hydroxylation is 1. The Kier molecular flexibility index (Phi) is 9.51. The second-order valence-electron chi connectivity index (χ2n) is 9.25. The Morgan fingerprint density at radius 2 is 1.56 bits per heavy atom. The van der Waals surface area contributed by atoms with E-state index in [4.69, 9.17) is 4.74 Å². The van der Waals surface area contributed by atoms with Crippen LogP contribution in [0.1, 0.15) is 46.1 Å². The molecular weight excluding hydrogens is 430 g/mol. The largest absolute Gasteiger partial charge is 0.449 e. The molecule has 2 rings (SSSR count). The van der Waals surface area contributed by atoms with Gasteiger partial charge in [0, 0.05) is 26.2 Å². The fourth-order valence-corrected chi connectivity index (χ4v) is 4.72. The number of sulfonamides is 1. The van der Waals surface area contributed by atoms with Gasteiger partial charge in [-0.1, -0.05) is 45.4 Å². The summed E-state index contributed by atoms with van der Waals surface area (Å²) in [5.41, 5.74) is 0.958. The molecule has 180 valence electrons. The normalized spacial score (nSPS) is 16.2. The smallest absolute Gasteiger partial charge is 0.409 e. The third-order valence-corrected chi connectivity index (χ3v) is 6.73. The minimum Gasteiger partial charge on any atom is -0.449 e. The molecule has 1 fully saturated rings. The molecule has 8 nitrogen and oxygen atoms in total. The second-order valence-corrected chi connectivity index (χ2v) is 11.0. The molecule has 0 radical (unpaired) electrons. The summed E-state index contributed by atoms with van der Waals surface area (Å²) in [5.74, 6) is 0.119. The van der Waals surface area contributed by atoms with Gasteiger partial charge >= 0.3 is 6.09 Å². The van der Waals surface area contributed by atoms with Crippen molar-refractivity contribution < 1.29 is 22.7 Å². The lowest BCUT2D eigenvalue weighted by molar-refractivity contribution is -0.133. The molecule has 0 spiro atoms. The minimum atomic E-state index is -3.84. The van der Waals surface area contributed by atoms with Gasteiger partial charge in [0.05, 0.1) is 11.5 Å². The van der Waals surface area contributed by atoms with E-state index in [1.54, 1.807) is 34.1 Å². The van der Waals surface area contributed by atoms with Crippen molar-refractivity contribution in [3.63, 3.8) is 0 Å². The van der Waals surface area contributed by atoms with Gasteiger partial charge < -0.3 is 14.5 Å². The summed E-state index contributed by atoms with van der Waals surface area (Å²) in [4.78, 5) is 29.0. The molecule has 0 aliphatic carbocycles. The Labute approximate surface area is 192 Å². The number of amides is 2. The Morgan fingerprint density at radius 1 is 0.969 bits per heavy atom. The SMILES string of the molecule is Cc1ccc(S(=O)(=O)NC(CC(C)C)C(=O)N2CCCN(C(=O)OCC(C)C)CC2)cc1. The van der Waals surface area contributed by atoms with Gasteiger partial charge in [-0.15, -0.1) is 0 Å². The van der Waals surface area contributed by atoms with Crippen LogP contribution in [-0.4, -0.2) is 69.0 Å². The third kappa shape index (κ3) is 7.78. The van der Waals surface area contributed by atoms with Gasteiger partial charge in [0.25, 0.3) is 0 Å². The van der Waals surface area contributed by atoms with E-state index in [-0.39, 0.29) is 28.7 Å². The van der Waals surface area contributed by atoms with E-state index in [0.29, 0.717) is 45.6 Å². The van der Waals surface area contributed by atoms with Crippen LogP contribution in [-0.2, 0) is 19.6 Å². The van der Waals surface area contributed by atoms with E-state index < -0.39 is 16.1 Å². The van der Waals surface area contributed by atoms with Crippen molar-refractivity contribution in [1.82, 2.24) is 14.5 Å². The maximum absolute atomic E-state index is 13.3. The molecule has 1 aromatic carbocycles. The van der Waals surface area contributed by atoms with Crippen molar-refractivity contribution in [3.8, 4) is 0 Å². The van der Waals surface area contributed by atoms with Gasteiger partial charge in [0.15, 0.2) is 0 Å². The maximum Gasteiger partial charge on any atom is 0.409 e. The van der Waals surface area contributed by atoms with Crippen LogP contribution in [0.2, 0.25) is 0 Å². The average Bonchev–Trinajstić information content (AvgIpc) is 2.97. The minimum absolute atomic E-state index is 0.124. The predicted octanol–water partition coefficient (Wildman–Crippen LogP) is 3.01. The highest BCUT2D eigenvalue weighted by molar-refractivity contribution is 7.89. The zero-order valence-corrected chi connectivity index (χ0v) is 20.7. The highest BCUT2D eigenvalue weighted by Crippen LogP contribution is 2.16. The molecule has 2 amide bonds. The number of hydrogen-bond acceptors (Lipinski definition) is 5. The third-order valence-electron chi connectivity index (χ3n) is 5.24. The number of rotatable bonds is 8. The first kappa shape index (κ1) is 26.1. The number of benzene rings is 1. The van der Waals surface area contributed by atoms with Gasteiger partial charge in [-0.05, 0) is 43.7 Å². The molecular formula is C23H37N3O5S. The highest BCUT2D eigenvalue weighted by atomic mass is 32.2. The number of carbonyl (C=O) groups excluding carboxylic acids is 2. The van der Waals surface area contributed by atoms with E-state index in [1.807, 2.05) is 34.6 Å². The van der Waals surface area contributed by atoms with Crippen LogP contribution in [0, 0.1) is 18.8 Å². The van der Waals surface area contributed by atoms with Crippen LogP contribution in [0.15, 0.2) is 29.2 Å². The summed E-state index contributed by atoms with van der Waals surface area (Å²) < 4.78 is 33.7. The number of hydrogen-bond donors (Lipinski definition) is 1. The maximum atomic E-state index is 13.3. The van der Waals surface area contributed by atoms with Crippen LogP contribution in [0.4, 0.5) is 4.79 Å². The van der Waals surface area contributed by atoms with Crippen molar-refractivity contribution in [2.24, 2.45) is 11.8 Å². The molecule has 0 saturated carbocycles. The summed E-state index contributed by atoms with van der Waals surface area (Å²) in [5, 5.41) is 0. The lowest BCUT2D eigenvalue weighted by Gasteiger charge is -2.28. The molecule has 32 heavy (non-hydrogen) atoms. The van der Waals surface area contributed by atoms with E-state index in [9.17, 15) is 18.0 Å². The summed E-state index contributed by atoms with van der Waals surface area (Å²) in [6, 6.07) is 5.69. The van der Waals surface area contributed by atoms with Gasteiger partial charge in [-0.3, -0.25) is 4.79 Å². The Morgan fingerprint density at radius 3 is 2.16 bits per heavy atom. The van der Waals surface area contributed by atoms with E-state index >= 15 is 0 Å². The van der Waals surface area contributed by atoms with Crippen molar-refractivity contribution in [2.75, 3.05) is 32.8 Å². The Hall–Kier alpha value is -2.13. The highest BCUT2D eigenvalue weighted by Gasteiger charge is 2.31. The zero-order chi connectivity index (χ0) is 23.9. The lowest BCUT2D eigenvalue weighted by atomic mass is 10.0. The van der Waals surface area contributed by atoms with Crippen molar-refractivity contribution in [2.45, 2.75) is 58.4 Å². The molecule has 1 atom stereocenters. The van der Waals surface area contributed by atoms with Gasteiger partial charge in [-0.2, -0.15) is 4.72 Å². The molecule has 0 bridgehead atoms. The first-order valence-electron chi connectivity index (χ1n) is 11.3. The molecule has 1 aromatic rings. The summed E-state index contributed by atoms with van der Waals surface area (Å²) in [7, 11) is -3.84. The van der Waals surface area contributed by atoms with Crippen molar-refractivity contribution >= 4 is 22.0 Å². The summed E-state index contributed by atoms with van der Waals surface area (Å²) in [6.07, 6.45) is 0.633. The van der Waals surface area contributed by atoms with Crippen LogP contribution >= 0.6 is 0 Å². The number of carbonyl (C=O) groups is 2. The fraction of sp³-hybridized carbons (Fsp3) is 0.652. The monoisotopic (exact) mass is 467 g/mol. The topological polar surface area (TPSA) is 96.0 Å². The summed E-state index contributed by atoms with van der Waals surface area (Å²) >= 11 is 0. The molecule has 1 heterocycles. The standard InChI is InChI=1S/C23H37N3O5S/c1-17(2)15-21(24-32(29,30)20-9-7-19(5)8-10-20)22(27)25-11-6-12-26(14-13-25)23(28)31-16-18(3)4/h7-10,17-18,21,24H,6,11-16H2,1-5H3. The number of nitrogens with zero attached hydrogens (tertiary/aromatic N) is 2. The van der Waals surface area contributed by atoms with Crippen LogP contribution in [0.25, 0.3) is 0 Å². The molecule has 1 unspecified atom stereocenters. The van der Waals surface area contributed by atoms with Crippen LogP contribution in [0.5, 0.6) is 0 Å². The van der Waals surface area contributed by atoms with Gasteiger partial charge in [0.1, 0.15) is 6.04 Å². The van der Waals surface area contributed by atoms with Crippen LogP contribution < -0.4 is 4.72 Å².